The van der Waals surface area contributed by atoms with E-state index in [0.717, 1.165) is 25.7 Å². The van der Waals surface area contributed by atoms with E-state index in [4.69, 9.17) is 10.5 Å². The number of hydrogen-bond donors (Lipinski definition) is 3. The Morgan fingerprint density at radius 2 is 1.93 bits per heavy atom. The highest BCUT2D eigenvalue weighted by Gasteiger charge is 2.39. The molecule has 2 aliphatic rings. The Morgan fingerprint density at radius 1 is 1.25 bits per heavy atom. The molecule has 0 bridgehead atoms. The molecule has 3 amide bonds. The minimum absolute atomic E-state index is 0.104. The molecule has 0 saturated heterocycles. The highest BCUT2D eigenvalue weighted by molar-refractivity contribution is 6.11. The second-order valence-corrected chi connectivity index (χ2v) is 7.84. The second-order valence-electron chi connectivity index (χ2n) is 7.84. The summed E-state index contributed by atoms with van der Waals surface area (Å²) >= 11 is 0. The number of carbonyl (C=O) groups excluding carboxylic acids is 3. The van der Waals surface area contributed by atoms with Gasteiger partial charge in [-0.2, -0.15) is 0 Å². The van der Waals surface area contributed by atoms with Crippen LogP contribution in [0.15, 0.2) is 18.2 Å². The van der Waals surface area contributed by atoms with Gasteiger partial charge in [0.2, 0.25) is 5.91 Å². The summed E-state index contributed by atoms with van der Waals surface area (Å²) in [5.41, 5.74) is 7.29. The number of fused-ring (bicyclic) bond motifs is 1. The number of benzene rings is 1. The van der Waals surface area contributed by atoms with Crippen molar-refractivity contribution in [2.45, 2.75) is 57.7 Å². The van der Waals surface area contributed by atoms with E-state index in [2.05, 4.69) is 10.6 Å². The first-order valence-electron chi connectivity index (χ1n) is 9.70. The van der Waals surface area contributed by atoms with E-state index in [0.29, 0.717) is 16.9 Å². The maximum absolute atomic E-state index is 12.6. The molecule has 1 saturated carbocycles. The van der Waals surface area contributed by atoms with Gasteiger partial charge in [-0.05, 0) is 49.8 Å². The lowest BCUT2D eigenvalue weighted by Crippen LogP contribution is -2.53. The zero-order valence-corrected chi connectivity index (χ0v) is 16.5. The third-order valence-corrected chi connectivity index (χ3v) is 5.43. The van der Waals surface area contributed by atoms with Crippen LogP contribution < -0.4 is 21.3 Å². The van der Waals surface area contributed by atoms with Crippen molar-refractivity contribution in [3.63, 3.8) is 0 Å². The summed E-state index contributed by atoms with van der Waals surface area (Å²) in [5, 5.41) is 5.85. The van der Waals surface area contributed by atoms with Crippen LogP contribution in [0.5, 0.6) is 0 Å². The molecule has 3 rings (SSSR count). The van der Waals surface area contributed by atoms with Crippen LogP contribution in [-0.4, -0.2) is 43.1 Å². The van der Waals surface area contributed by atoms with Crippen molar-refractivity contribution in [1.82, 2.24) is 5.32 Å². The molecule has 8 nitrogen and oxygen atoms in total. The summed E-state index contributed by atoms with van der Waals surface area (Å²) in [7, 11) is 1.28. The van der Waals surface area contributed by atoms with E-state index in [1.54, 1.807) is 18.2 Å². The average Bonchev–Trinajstić information content (AvgIpc) is 2.67. The molecule has 1 heterocycles. The number of amides is 3. The van der Waals surface area contributed by atoms with Crippen LogP contribution in [0.3, 0.4) is 0 Å². The molecule has 4 N–H and O–H groups in total. The SMILES string of the molecule is COC(=O)N1c2ccc(C(=O)NC3CCC(N)CC3)cc2NC(=O)C1C(C)C. The molecule has 8 heteroatoms. The third kappa shape index (κ3) is 3.96. The minimum Gasteiger partial charge on any atom is -0.452 e. The zero-order chi connectivity index (χ0) is 20.4. The van der Waals surface area contributed by atoms with Crippen molar-refractivity contribution >= 4 is 29.3 Å². The van der Waals surface area contributed by atoms with Gasteiger partial charge in [0, 0.05) is 17.6 Å². The predicted octanol–water partition coefficient (Wildman–Crippen LogP) is 2.24. The molecule has 28 heavy (non-hydrogen) atoms. The normalized spacial score (nSPS) is 24.4. The van der Waals surface area contributed by atoms with Crippen LogP contribution in [0.1, 0.15) is 49.9 Å². The van der Waals surface area contributed by atoms with Crippen molar-refractivity contribution in [2.75, 3.05) is 17.3 Å². The third-order valence-electron chi connectivity index (χ3n) is 5.43. The van der Waals surface area contributed by atoms with E-state index in [1.165, 1.54) is 12.0 Å². The van der Waals surface area contributed by atoms with Crippen LogP contribution in [0.4, 0.5) is 16.2 Å². The lowest BCUT2D eigenvalue weighted by molar-refractivity contribution is -0.118. The molecular formula is C20H28N4O4. The lowest BCUT2D eigenvalue weighted by atomic mass is 9.91. The Morgan fingerprint density at radius 3 is 2.54 bits per heavy atom. The number of nitrogens with one attached hydrogen (secondary N) is 2. The summed E-state index contributed by atoms with van der Waals surface area (Å²) in [6, 6.07) is 4.58. The number of nitrogens with zero attached hydrogens (tertiary/aromatic N) is 1. The quantitative estimate of drug-likeness (QED) is 0.735. The fourth-order valence-corrected chi connectivity index (χ4v) is 3.90. The number of hydrogen-bond acceptors (Lipinski definition) is 5. The molecule has 1 aromatic carbocycles. The molecule has 0 aromatic heterocycles. The summed E-state index contributed by atoms with van der Waals surface area (Å²) < 4.78 is 4.88. The molecule has 1 unspecified atom stereocenters. The highest BCUT2D eigenvalue weighted by atomic mass is 16.5. The van der Waals surface area contributed by atoms with Gasteiger partial charge in [-0.1, -0.05) is 13.8 Å². The summed E-state index contributed by atoms with van der Waals surface area (Å²) in [6.45, 7) is 3.73. The molecule has 1 fully saturated rings. The van der Waals surface area contributed by atoms with Crippen LogP contribution in [-0.2, 0) is 9.53 Å². The van der Waals surface area contributed by atoms with Gasteiger partial charge >= 0.3 is 6.09 Å². The van der Waals surface area contributed by atoms with Gasteiger partial charge in [0.05, 0.1) is 18.5 Å². The Labute approximate surface area is 164 Å². The van der Waals surface area contributed by atoms with Gasteiger partial charge in [0.25, 0.3) is 5.91 Å². The fraction of sp³-hybridized carbons (Fsp3) is 0.550. The standard InChI is InChI=1S/C20H28N4O4/c1-11(2)17-19(26)23-15-10-12(4-9-16(15)24(17)20(27)28-3)18(25)22-14-7-5-13(21)6-8-14/h4,9-11,13-14,17H,5-8,21H2,1-3H3,(H,22,25)(H,23,26). The van der Waals surface area contributed by atoms with Crippen molar-refractivity contribution in [2.24, 2.45) is 11.7 Å². The summed E-state index contributed by atoms with van der Waals surface area (Å²) in [6.07, 6.45) is 2.92. The van der Waals surface area contributed by atoms with Crippen LogP contribution in [0, 0.1) is 5.92 Å². The molecule has 1 atom stereocenters. The molecule has 1 aliphatic carbocycles. The van der Waals surface area contributed by atoms with Gasteiger partial charge in [-0.25, -0.2) is 4.79 Å². The first-order valence-corrected chi connectivity index (χ1v) is 9.70. The topological polar surface area (TPSA) is 114 Å². The number of methoxy groups -OCH3 is 1. The van der Waals surface area contributed by atoms with Crippen molar-refractivity contribution in [1.29, 1.82) is 0 Å². The van der Waals surface area contributed by atoms with Gasteiger partial charge in [0.15, 0.2) is 0 Å². The van der Waals surface area contributed by atoms with E-state index in [9.17, 15) is 14.4 Å². The van der Waals surface area contributed by atoms with Crippen LogP contribution >= 0.6 is 0 Å². The number of anilines is 2. The van der Waals surface area contributed by atoms with Crippen molar-refractivity contribution in [3.05, 3.63) is 23.8 Å². The molecule has 0 radical (unpaired) electrons. The molecule has 0 spiro atoms. The number of rotatable bonds is 3. The maximum Gasteiger partial charge on any atom is 0.414 e. The Hall–Kier alpha value is -2.61. The van der Waals surface area contributed by atoms with E-state index in [1.807, 2.05) is 13.8 Å². The van der Waals surface area contributed by atoms with Gasteiger partial charge < -0.3 is 21.1 Å². The van der Waals surface area contributed by atoms with E-state index < -0.39 is 12.1 Å². The van der Waals surface area contributed by atoms with Gasteiger partial charge in [0.1, 0.15) is 6.04 Å². The molecular weight excluding hydrogens is 360 g/mol. The van der Waals surface area contributed by atoms with Crippen molar-refractivity contribution in [3.8, 4) is 0 Å². The summed E-state index contributed by atoms with van der Waals surface area (Å²) in [5.74, 6) is -0.604. The Bertz CT molecular complexity index is 771. The van der Waals surface area contributed by atoms with E-state index >= 15 is 0 Å². The molecule has 152 valence electrons. The van der Waals surface area contributed by atoms with Gasteiger partial charge in [-0.15, -0.1) is 0 Å². The fourth-order valence-electron chi connectivity index (χ4n) is 3.90. The zero-order valence-electron chi connectivity index (χ0n) is 16.5. The minimum atomic E-state index is -0.675. The number of ether oxygens (including phenoxy) is 1. The maximum atomic E-state index is 12.6. The number of carbonyl (C=O) groups is 3. The summed E-state index contributed by atoms with van der Waals surface area (Å²) in [4.78, 5) is 38.9. The highest BCUT2D eigenvalue weighted by Crippen LogP contribution is 2.35. The van der Waals surface area contributed by atoms with Crippen LogP contribution in [0.2, 0.25) is 0 Å². The molecule has 1 aromatic rings. The Kier molecular flexibility index (Phi) is 5.88. The molecule has 1 aliphatic heterocycles. The number of nitrogens with two attached hydrogens (primary N) is 1. The smallest absolute Gasteiger partial charge is 0.414 e. The van der Waals surface area contributed by atoms with Crippen LogP contribution in [0.25, 0.3) is 0 Å². The van der Waals surface area contributed by atoms with Crippen molar-refractivity contribution < 1.29 is 19.1 Å². The average molecular weight is 388 g/mol. The predicted molar refractivity (Wildman–Crippen MR) is 106 cm³/mol. The van der Waals surface area contributed by atoms with Gasteiger partial charge in [-0.3, -0.25) is 14.5 Å². The largest absolute Gasteiger partial charge is 0.452 e. The van der Waals surface area contributed by atoms with E-state index in [-0.39, 0.29) is 29.8 Å². The first-order chi connectivity index (χ1) is 13.3. The second kappa shape index (κ2) is 8.18. The monoisotopic (exact) mass is 388 g/mol. The Balaban J connectivity index is 1.84. The first kappa shape index (κ1) is 20.1. The lowest BCUT2D eigenvalue weighted by Gasteiger charge is -2.37.